The van der Waals surface area contributed by atoms with Crippen molar-refractivity contribution in [2.24, 2.45) is 0 Å². The molecular formula is C19H21N3O3S2. The van der Waals surface area contributed by atoms with Crippen LogP contribution in [0.2, 0.25) is 0 Å². The van der Waals surface area contributed by atoms with Crippen LogP contribution in [0, 0.1) is 6.92 Å². The molecule has 3 rings (SSSR count). The molecule has 6 nitrogen and oxygen atoms in total. The molecule has 8 heteroatoms. The van der Waals surface area contributed by atoms with Gasteiger partial charge in [-0.05, 0) is 30.5 Å². The highest BCUT2D eigenvalue weighted by atomic mass is 32.1. The predicted molar refractivity (Wildman–Crippen MR) is 110 cm³/mol. The molecule has 0 radical (unpaired) electrons. The number of aromatic nitrogens is 1. The van der Waals surface area contributed by atoms with E-state index < -0.39 is 5.97 Å². The van der Waals surface area contributed by atoms with Crippen molar-refractivity contribution in [3.63, 3.8) is 0 Å². The summed E-state index contributed by atoms with van der Waals surface area (Å²) in [7, 11) is 3.85. The van der Waals surface area contributed by atoms with E-state index in [-0.39, 0.29) is 12.5 Å². The van der Waals surface area contributed by atoms with Gasteiger partial charge in [0.15, 0.2) is 11.7 Å². The molecule has 0 fully saturated rings. The van der Waals surface area contributed by atoms with Crippen molar-refractivity contribution < 1.29 is 14.3 Å². The number of carbonyl (C=O) groups excluding carboxylic acids is 2. The average Bonchev–Trinajstić information content (AvgIpc) is 3.20. The second kappa shape index (κ2) is 8.49. The van der Waals surface area contributed by atoms with E-state index in [2.05, 4.69) is 10.3 Å². The Morgan fingerprint density at radius 3 is 2.70 bits per heavy atom. The van der Waals surface area contributed by atoms with E-state index in [9.17, 15) is 9.59 Å². The number of thiophene rings is 1. The van der Waals surface area contributed by atoms with E-state index in [0.717, 1.165) is 21.1 Å². The molecule has 1 amide bonds. The fourth-order valence-corrected chi connectivity index (χ4v) is 4.52. The summed E-state index contributed by atoms with van der Waals surface area (Å²) in [5.74, 6) is -0.797. The molecule has 0 atom stereocenters. The van der Waals surface area contributed by atoms with E-state index in [1.54, 1.807) is 6.07 Å². The smallest absolute Gasteiger partial charge is 0.348 e. The van der Waals surface area contributed by atoms with Crippen LogP contribution in [0.15, 0.2) is 30.3 Å². The molecule has 3 aromatic rings. The quantitative estimate of drug-likeness (QED) is 0.613. The standard InChI is InChI=1S/C19H21N3O3S2/c1-12-6-4-5-7-13(12)8-9-20-16(23)11-25-18(24)15-10-14-17(26-15)21-19(27-14)22(2)3/h4-7,10H,8-9,11H2,1-3H3,(H,20,23). The molecule has 142 valence electrons. The minimum absolute atomic E-state index is 0.283. The first-order valence-corrected chi connectivity index (χ1v) is 10.1. The van der Waals surface area contributed by atoms with Crippen LogP contribution in [0.3, 0.4) is 0 Å². The minimum atomic E-state index is -0.495. The normalized spacial score (nSPS) is 10.8. The maximum absolute atomic E-state index is 12.2. The molecule has 1 N–H and O–H groups in total. The lowest BCUT2D eigenvalue weighted by Gasteiger charge is -2.08. The molecule has 0 unspecified atom stereocenters. The third kappa shape index (κ3) is 4.84. The molecule has 0 bridgehead atoms. The van der Waals surface area contributed by atoms with Crippen molar-refractivity contribution in [1.29, 1.82) is 0 Å². The lowest BCUT2D eigenvalue weighted by Crippen LogP contribution is -2.30. The first-order chi connectivity index (χ1) is 12.9. The van der Waals surface area contributed by atoms with E-state index in [1.807, 2.05) is 50.2 Å². The Hall–Kier alpha value is -2.45. The molecule has 2 aromatic heterocycles. The van der Waals surface area contributed by atoms with Gasteiger partial charge in [0, 0.05) is 20.6 Å². The summed E-state index contributed by atoms with van der Waals surface area (Å²) in [6.45, 7) is 2.27. The number of benzene rings is 1. The molecule has 0 saturated heterocycles. The SMILES string of the molecule is Cc1ccccc1CCNC(=O)COC(=O)c1cc2sc(N(C)C)nc2s1. The Morgan fingerprint density at radius 1 is 1.22 bits per heavy atom. The number of nitrogens with zero attached hydrogens (tertiary/aromatic N) is 2. The number of hydrogen-bond donors (Lipinski definition) is 1. The lowest BCUT2D eigenvalue weighted by atomic mass is 10.1. The first-order valence-electron chi connectivity index (χ1n) is 8.50. The first kappa shape index (κ1) is 19.3. The van der Waals surface area contributed by atoms with Crippen molar-refractivity contribution in [3.05, 3.63) is 46.3 Å². The number of fused-ring (bicyclic) bond motifs is 1. The topological polar surface area (TPSA) is 71.5 Å². The Morgan fingerprint density at radius 2 is 2.00 bits per heavy atom. The van der Waals surface area contributed by atoms with Gasteiger partial charge in [-0.15, -0.1) is 11.3 Å². The summed E-state index contributed by atoms with van der Waals surface area (Å²) in [5.41, 5.74) is 2.39. The van der Waals surface area contributed by atoms with Crippen LogP contribution in [-0.4, -0.2) is 44.1 Å². The number of rotatable bonds is 7. The number of anilines is 1. The molecule has 2 heterocycles. The predicted octanol–water partition coefficient (Wildman–Crippen LogP) is 3.25. The van der Waals surface area contributed by atoms with Gasteiger partial charge in [0.1, 0.15) is 9.71 Å². The highest BCUT2D eigenvalue weighted by Gasteiger charge is 2.16. The number of nitrogens with one attached hydrogen (secondary N) is 1. The Balaban J connectivity index is 1.46. The largest absolute Gasteiger partial charge is 0.451 e. The van der Waals surface area contributed by atoms with Crippen LogP contribution >= 0.6 is 22.7 Å². The van der Waals surface area contributed by atoms with Gasteiger partial charge in [0.2, 0.25) is 0 Å². The van der Waals surface area contributed by atoms with Gasteiger partial charge in [-0.1, -0.05) is 35.6 Å². The van der Waals surface area contributed by atoms with E-state index in [0.29, 0.717) is 11.4 Å². The number of aryl methyl sites for hydroxylation is 1. The van der Waals surface area contributed by atoms with E-state index in [1.165, 1.54) is 33.8 Å². The molecule has 0 aliphatic heterocycles. The fourth-order valence-electron chi connectivity index (χ4n) is 2.50. The lowest BCUT2D eigenvalue weighted by molar-refractivity contribution is -0.124. The molecule has 1 aromatic carbocycles. The third-order valence-electron chi connectivity index (χ3n) is 3.97. The van der Waals surface area contributed by atoms with Crippen molar-refractivity contribution in [2.75, 3.05) is 32.1 Å². The van der Waals surface area contributed by atoms with Gasteiger partial charge in [0.05, 0.1) is 4.70 Å². The van der Waals surface area contributed by atoms with Crippen LogP contribution in [-0.2, 0) is 16.0 Å². The monoisotopic (exact) mass is 403 g/mol. The van der Waals surface area contributed by atoms with Gasteiger partial charge in [-0.2, -0.15) is 0 Å². The fraction of sp³-hybridized carbons (Fsp3) is 0.316. The molecule has 27 heavy (non-hydrogen) atoms. The highest BCUT2D eigenvalue weighted by Crippen LogP contribution is 2.34. The Labute approximate surface area is 165 Å². The summed E-state index contributed by atoms with van der Waals surface area (Å²) in [6.07, 6.45) is 0.743. The molecular weight excluding hydrogens is 382 g/mol. The molecule has 0 saturated carbocycles. The summed E-state index contributed by atoms with van der Waals surface area (Å²) in [4.78, 5) is 31.7. The van der Waals surface area contributed by atoms with Gasteiger partial charge in [0.25, 0.3) is 5.91 Å². The number of amides is 1. The Kier molecular flexibility index (Phi) is 6.08. The zero-order valence-electron chi connectivity index (χ0n) is 15.4. The maximum Gasteiger partial charge on any atom is 0.348 e. The minimum Gasteiger partial charge on any atom is -0.451 e. The van der Waals surface area contributed by atoms with Gasteiger partial charge in [-0.3, -0.25) is 4.79 Å². The van der Waals surface area contributed by atoms with Crippen LogP contribution < -0.4 is 10.2 Å². The molecule has 0 aliphatic rings. The summed E-state index contributed by atoms with van der Waals surface area (Å²) in [6, 6.07) is 9.82. The van der Waals surface area contributed by atoms with Gasteiger partial charge >= 0.3 is 5.97 Å². The number of carbonyl (C=O) groups is 2. The molecule has 0 spiro atoms. The van der Waals surface area contributed by atoms with E-state index in [4.69, 9.17) is 4.74 Å². The van der Waals surface area contributed by atoms with Gasteiger partial charge in [-0.25, -0.2) is 9.78 Å². The summed E-state index contributed by atoms with van der Waals surface area (Å²) < 4.78 is 6.06. The Bertz CT molecular complexity index is 931. The number of hydrogen-bond acceptors (Lipinski definition) is 7. The highest BCUT2D eigenvalue weighted by molar-refractivity contribution is 7.29. The van der Waals surface area contributed by atoms with Crippen molar-refractivity contribution in [2.45, 2.75) is 13.3 Å². The summed E-state index contributed by atoms with van der Waals surface area (Å²) >= 11 is 2.79. The second-order valence-electron chi connectivity index (χ2n) is 6.27. The second-order valence-corrected chi connectivity index (χ2v) is 8.31. The number of esters is 1. The van der Waals surface area contributed by atoms with Gasteiger partial charge < -0.3 is 15.0 Å². The average molecular weight is 404 g/mol. The molecule has 0 aliphatic carbocycles. The van der Waals surface area contributed by atoms with E-state index >= 15 is 0 Å². The van der Waals surface area contributed by atoms with Crippen molar-refractivity contribution >= 4 is 49.2 Å². The van der Waals surface area contributed by atoms with Crippen molar-refractivity contribution in [1.82, 2.24) is 10.3 Å². The van der Waals surface area contributed by atoms with Crippen LogP contribution in [0.4, 0.5) is 5.13 Å². The van der Waals surface area contributed by atoms with Crippen molar-refractivity contribution in [3.8, 4) is 0 Å². The number of thiazole rings is 1. The zero-order valence-corrected chi connectivity index (χ0v) is 17.1. The zero-order chi connectivity index (χ0) is 19.4. The summed E-state index contributed by atoms with van der Waals surface area (Å²) in [5, 5.41) is 3.67. The van der Waals surface area contributed by atoms with Crippen LogP contribution in [0.5, 0.6) is 0 Å². The third-order valence-corrected chi connectivity index (χ3v) is 6.28. The van der Waals surface area contributed by atoms with Crippen LogP contribution in [0.25, 0.3) is 9.53 Å². The van der Waals surface area contributed by atoms with Crippen LogP contribution in [0.1, 0.15) is 20.8 Å². The maximum atomic E-state index is 12.2. The number of ether oxygens (including phenoxy) is 1.